The topological polar surface area (TPSA) is 79.1 Å². The Morgan fingerprint density at radius 1 is 1.10 bits per heavy atom. The molecule has 2 aromatic heterocycles. The van der Waals surface area contributed by atoms with Crippen molar-refractivity contribution in [2.45, 2.75) is 63.6 Å². The van der Waals surface area contributed by atoms with Crippen LogP contribution < -0.4 is 10.2 Å². The number of nitrogens with one attached hydrogen (secondary N) is 1. The number of aryl methyl sites for hydroxylation is 1. The second-order valence-electron chi connectivity index (χ2n) is 9.82. The SMILES string of the molecule is Cc1cn(-c2ccc(-c3ccc(N(C)[C@H]4C[C@]5(C)CC[C@](C)(C4)N5)nn3)c(O)c2)cn1. The summed E-state index contributed by atoms with van der Waals surface area (Å²) < 4.78 is 1.88. The second-order valence-corrected chi connectivity index (χ2v) is 9.82. The first-order valence-electron chi connectivity index (χ1n) is 10.9. The highest BCUT2D eigenvalue weighted by atomic mass is 16.3. The van der Waals surface area contributed by atoms with Crippen molar-refractivity contribution in [3.8, 4) is 22.7 Å². The van der Waals surface area contributed by atoms with Crippen molar-refractivity contribution in [2.75, 3.05) is 11.9 Å². The second kappa shape index (κ2) is 7.05. The molecule has 2 bridgehead atoms. The minimum atomic E-state index is 0.176. The lowest BCUT2D eigenvalue weighted by molar-refractivity contribution is 0.207. The lowest BCUT2D eigenvalue weighted by atomic mass is 9.84. The Morgan fingerprint density at radius 2 is 1.84 bits per heavy atom. The monoisotopic (exact) mass is 418 g/mol. The van der Waals surface area contributed by atoms with Crippen LogP contribution in [0.25, 0.3) is 16.9 Å². The summed E-state index contributed by atoms with van der Waals surface area (Å²) in [7, 11) is 2.12. The van der Waals surface area contributed by atoms with E-state index >= 15 is 0 Å². The van der Waals surface area contributed by atoms with Crippen molar-refractivity contribution in [3.05, 3.63) is 48.5 Å². The maximum absolute atomic E-state index is 10.6. The fourth-order valence-corrected chi connectivity index (χ4v) is 5.40. The summed E-state index contributed by atoms with van der Waals surface area (Å²) in [6.07, 6.45) is 8.34. The standard InChI is InChI=1S/C24H30N6O/c1-16-14-30(15-25-16)17-5-6-19(21(31)11-17)20-7-8-22(27-26-20)29(4)18-12-23(2)9-10-24(3,13-18)28-23/h5-8,11,14-15,18,28,31H,9-10,12-13H2,1-4H3/t18-,23-,24+. The lowest BCUT2D eigenvalue weighted by Gasteiger charge is -2.45. The van der Waals surface area contributed by atoms with Gasteiger partial charge >= 0.3 is 0 Å². The third-order valence-electron chi connectivity index (χ3n) is 7.03. The van der Waals surface area contributed by atoms with E-state index in [1.54, 1.807) is 12.4 Å². The molecule has 31 heavy (non-hydrogen) atoms. The summed E-state index contributed by atoms with van der Waals surface area (Å²) >= 11 is 0. The van der Waals surface area contributed by atoms with Gasteiger partial charge in [-0.15, -0.1) is 10.2 Å². The van der Waals surface area contributed by atoms with Gasteiger partial charge in [0.2, 0.25) is 0 Å². The first-order chi connectivity index (χ1) is 14.7. The summed E-state index contributed by atoms with van der Waals surface area (Å²) in [5.41, 5.74) is 3.53. The van der Waals surface area contributed by atoms with Crippen LogP contribution in [0.4, 0.5) is 5.82 Å². The molecule has 0 radical (unpaired) electrons. The van der Waals surface area contributed by atoms with Gasteiger partial charge in [-0.05, 0) is 70.7 Å². The van der Waals surface area contributed by atoms with Crippen molar-refractivity contribution < 1.29 is 5.11 Å². The van der Waals surface area contributed by atoms with Crippen LogP contribution in [0.5, 0.6) is 5.75 Å². The Labute approximate surface area is 183 Å². The molecule has 4 heterocycles. The highest BCUT2D eigenvalue weighted by molar-refractivity contribution is 5.69. The molecule has 0 saturated carbocycles. The van der Waals surface area contributed by atoms with E-state index in [1.807, 2.05) is 42.0 Å². The molecule has 3 atom stereocenters. The molecule has 1 aromatic carbocycles. The number of benzene rings is 1. The number of aromatic nitrogens is 4. The number of nitrogens with zero attached hydrogens (tertiary/aromatic N) is 5. The van der Waals surface area contributed by atoms with Crippen LogP contribution in [0, 0.1) is 6.92 Å². The van der Waals surface area contributed by atoms with E-state index in [4.69, 9.17) is 0 Å². The molecule has 0 aliphatic carbocycles. The van der Waals surface area contributed by atoms with Gasteiger partial charge in [0.25, 0.3) is 0 Å². The van der Waals surface area contributed by atoms with Crippen LogP contribution in [0.15, 0.2) is 42.9 Å². The van der Waals surface area contributed by atoms with E-state index < -0.39 is 0 Å². The third kappa shape index (κ3) is 3.67. The first kappa shape index (κ1) is 20.0. The molecule has 2 aliphatic rings. The number of aromatic hydroxyl groups is 1. The zero-order valence-electron chi connectivity index (χ0n) is 18.6. The normalized spacial score (nSPS) is 27.4. The number of imidazole rings is 1. The number of rotatable bonds is 4. The zero-order chi connectivity index (χ0) is 21.8. The smallest absolute Gasteiger partial charge is 0.151 e. The molecule has 3 aromatic rings. The van der Waals surface area contributed by atoms with Gasteiger partial charge in [-0.1, -0.05) is 0 Å². The molecule has 162 valence electrons. The van der Waals surface area contributed by atoms with Gasteiger partial charge in [-0.3, -0.25) is 0 Å². The molecule has 2 N–H and O–H groups in total. The summed E-state index contributed by atoms with van der Waals surface area (Å²) in [5.74, 6) is 1.04. The maximum atomic E-state index is 10.6. The van der Waals surface area contributed by atoms with Gasteiger partial charge in [0.05, 0.1) is 23.4 Å². The minimum absolute atomic E-state index is 0.176. The Balaban J connectivity index is 1.35. The number of piperidine rings is 1. The van der Waals surface area contributed by atoms with Crippen LogP contribution in [0.2, 0.25) is 0 Å². The Kier molecular flexibility index (Phi) is 4.55. The third-order valence-corrected chi connectivity index (χ3v) is 7.03. The van der Waals surface area contributed by atoms with E-state index in [9.17, 15) is 5.11 Å². The Hall–Kier alpha value is -2.93. The quantitative estimate of drug-likeness (QED) is 0.670. The number of phenolic OH excluding ortho intramolecular Hbond substituents is 1. The highest BCUT2D eigenvalue weighted by Gasteiger charge is 2.49. The average Bonchev–Trinajstić information content (AvgIpc) is 3.27. The van der Waals surface area contributed by atoms with Gasteiger partial charge in [0, 0.05) is 42.0 Å². The fraction of sp³-hybridized carbons (Fsp3) is 0.458. The molecule has 0 amide bonds. The van der Waals surface area contributed by atoms with Crippen molar-refractivity contribution in [1.82, 2.24) is 25.1 Å². The molecular formula is C24H30N6O. The van der Waals surface area contributed by atoms with E-state index in [0.717, 1.165) is 30.0 Å². The number of anilines is 1. The van der Waals surface area contributed by atoms with Gasteiger partial charge in [0.1, 0.15) is 5.75 Å². The van der Waals surface area contributed by atoms with E-state index in [1.165, 1.54) is 12.8 Å². The number of phenols is 1. The molecule has 7 nitrogen and oxygen atoms in total. The summed E-state index contributed by atoms with van der Waals surface area (Å²) in [6.45, 7) is 6.61. The van der Waals surface area contributed by atoms with Gasteiger partial charge in [0.15, 0.2) is 5.82 Å². The number of hydrogen-bond acceptors (Lipinski definition) is 6. The van der Waals surface area contributed by atoms with Crippen molar-refractivity contribution >= 4 is 5.82 Å². The zero-order valence-corrected chi connectivity index (χ0v) is 18.6. The van der Waals surface area contributed by atoms with Crippen molar-refractivity contribution in [3.63, 3.8) is 0 Å². The first-order valence-corrected chi connectivity index (χ1v) is 10.9. The van der Waals surface area contributed by atoms with E-state index in [0.29, 0.717) is 17.3 Å². The number of fused-ring (bicyclic) bond motifs is 2. The minimum Gasteiger partial charge on any atom is -0.507 e. The summed E-state index contributed by atoms with van der Waals surface area (Å²) in [5, 5.41) is 23.4. The lowest BCUT2D eigenvalue weighted by Crippen LogP contribution is -2.58. The molecule has 7 heteroatoms. The molecule has 5 rings (SSSR count). The van der Waals surface area contributed by atoms with Crippen LogP contribution in [0.1, 0.15) is 45.2 Å². The average molecular weight is 419 g/mol. The van der Waals surface area contributed by atoms with Gasteiger partial charge < -0.3 is 19.9 Å². The maximum Gasteiger partial charge on any atom is 0.151 e. The molecule has 0 spiro atoms. The molecule has 2 saturated heterocycles. The van der Waals surface area contributed by atoms with Crippen LogP contribution in [0.3, 0.4) is 0 Å². The molecular weight excluding hydrogens is 388 g/mol. The Morgan fingerprint density at radius 3 is 2.42 bits per heavy atom. The predicted octanol–water partition coefficient (Wildman–Crippen LogP) is 3.84. The van der Waals surface area contributed by atoms with E-state index in [-0.39, 0.29) is 16.8 Å². The Bertz CT molecular complexity index is 1090. The molecule has 2 aliphatic heterocycles. The van der Waals surface area contributed by atoms with Crippen LogP contribution in [-0.2, 0) is 0 Å². The van der Waals surface area contributed by atoms with E-state index in [2.05, 4.69) is 46.3 Å². The van der Waals surface area contributed by atoms with Crippen molar-refractivity contribution in [1.29, 1.82) is 0 Å². The van der Waals surface area contributed by atoms with Gasteiger partial charge in [-0.2, -0.15) is 0 Å². The molecule has 0 unspecified atom stereocenters. The highest BCUT2D eigenvalue weighted by Crippen LogP contribution is 2.43. The predicted molar refractivity (Wildman–Crippen MR) is 122 cm³/mol. The van der Waals surface area contributed by atoms with Crippen molar-refractivity contribution in [2.24, 2.45) is 0 Å². The largest absolute Gasteiger partial charge is 0.507 e. The number of hydrogen-bond donors (Lipinski definition) is 2. The molecule has 2 fully saturated rings. The fourth-order valence-electron chi connectivity index (χ4n) is 5.40. The van der Waals surface area contributed by atoms with Gasteiger partial charge in [-0.25, -0.2) is 4.98 Å². The summed E-state index contributed by atoms with van der Waals surface area (Å²) in [4.78, 5) is 6.51. The van der Waals surface area contributed by atoms with Crippen LogP contribution in [-0.4, -0.2) is 49.0 Å². The summed E-state index contributed by atoms with van der Waals surface area (Å²) in [6, 6.07) is 9.93. The van der Waals surface area contributed by atoms with Crippen LogP contribution >= 0.6 is 0 Å².